The van der Waals surface area contributed by atoms with E-state index in [1.54, 1.807) is 32.0 Å². The lowest BCUT2D eigenvalue weighted by atomic mass is 10.1. The van der Waals surface area contributed by atoms with Crippen LogP contribution >= 0.6 is 0 Å². The molecule has 0 saturated carbocycles. The molecule has 0 aliphatic rings. The van der Waals surface area contributed by atoms with Crippen LogP contribution in [0.4, 0.5) is 5.69 Å². The second-order valence-corrected chi connectivity index (χ2v) is 7.41. The Bertz CT molecular complexity index is 1160. The van der Waals surface area contributed by atoms with Crippen molar-refractivity contribution >= 4 is 28.5 Å². The van der Waals surface area contributed by atoms with E-state index in [4.69, 9.17) is 15.2 Å². The quantitative estimate of drug-likeness (QED) is 0.285. The third-order valence-corrected chi connectivity index (χ3v) is 4.95. The number of benzene rings is 2. The van der Waals surface area contributed by atoms with Gasteiger partial charge in [0.05, 0.1) is 35.5 Å². The highest BCUT2D eigenvalue weighted by Gasteiger charge is 2.20. The van der Waals surface area contributed by atoms with Crippen molar-refractivity contribution in [3.63, 3.8) is 0 Å². The smallest absolute Gasteiger partial charge is 0.342 e. The van der Waals surface area contributed by atoms with Gasteiger partial charge in [-0.1, -0.05) is 6.07 Å². The van der Waals surface area contributed by atoms with Gasteiger partial charge >= 0.3 is 5.97 Å². The maximum atomic E-state index is 12.3. The first-order valence-electron chi connectivity index (χ1n) is 10.6. The van der Waals surface area contributed by atoms with Gasteiger partial charge < -0.3 is 30.7 Å². The second kappa shape index (κ2) is 10.5. The molecule has 0 aliphatic carbocycles. The topological polar surface area (TPSA) is 144 Å². The number of phenols is 2. The number of aryl methyl sites for hydroxylation is 1. The number of carbonyl (C=O) groups excluding carboxylic acids is 2. The lowest BCUT2D eigenvalue weighted by Gasteiger charge is -2.15. The molecule has 9 heteroatoms. The number of nitrogens with zero attached hydrogens (tertiary/aromatic N) is 1. The summed E-state index contributed by atoms with van der Waals surface area (Å²) in [4.78, 5) is 28.9. The van der Waals surface area contributed by atoms with Gasteiger partial charge in [0.25, 0.3) is 5.91 Å². The maximum absolute atomic E-state index is 12.3. The van der Waals surface area contributed by atoms with Crippen LogP contribution in [0.3, 0.4) is 0 Å². The number of carbonyl (C=O) groups is 2. The zero-order valence-corrected chi connectivity index (χ0v) is 18.6. The molecule has 33 heavy (non-hydrogen) atoms. The van der Waals surface area contributed by atoms with Crippen LogP contribution in [0.15, 0.2) is 36.4 Å². The van der Waals surface area contributed by atoms with E-state index in [0.29, 0.717) is 48.3 Å². The summed E-state index contributed by atoms with van der Waals surface area (Å²) < 4.78 is 11.0. The molecule has 0 bridgehead atoms. The number of phenolic OH excluding ortho intramolecular Hbond substituents is 2. The van der Waals surface area contributed by atoms with E-state index in [9.17, 15) is 19.8 Å². The lowest BCUT2D eigenvalue weighted by Crippen LogP contribution is -2.24. The number of rotatable bonds is 9. The van der Waals surface area contributed by atoms with Gasteiger partial charge in [0, 0.05) is 18.2 Å². The predicted octanol–water partition coefficient (Wildman–Crippen LogP) is 3.30. The number of pyridine rings is 1. The molecule has 9 nitrogen and oxygen atoms in total. The van der Waals surface area contributed by atoms with Gasteiger partial charge in [-0.25, -0.2) is 4.79 Å². The fourth-order valence-electron chi connectivity index (χ4n) is 3.46. The van der Waals surface area contributed by atoms with E-state index in [0.717, 1.165) is 6.07 Å². The van der Waals surface area contributed by atoms with Gasteiger partial charge in [-0.15, -0.1) is 0 Å². The molecule has 0 atom stereocenters. The zero-order chi connectivity index (χ0) is 24.0. The molecule has 0 radical (unpaired) electrons. The molecular formula is C24H27N3O6. The van der Waals surface area contributed by atoms with Crippen molar-refractivity contribution in [1.29, 1.82) is 0 Å². The highest BCUT2D eigenvalue weighted by molar-refractivity contribution is 6.07. The molecule has 0 saturated heterocycles. The Morgan fingerprint density at radius 1 is 1.12 bits per heavy atom. The van der Waals surface area contributed by atoms with Crippen LogP contribution in [-0.4, -0.2) is 46.8 Å². The summed E-state index contributed by atoms with van der Waals surface area (Å²) in [6.07, 6.45) is 1.29. The molecule has 3 rings (SSSR count). The van der Waals surface area contributed by atoms with Crippen LogP contribution < -0.4 is 15.8 Å². The highest BCUT2D eigenvalue weighted by atomic mass is 16.5. The third kappa shape index (κ3) is 5.62. The summed E-state index contributed by atoms with van der Waals surface area (Å²) in [6.45, 7) is 4.43. The van der Waals surface area contributed by atoms with E-state index in [2.05, 4.69) is 10.3 Å². The van der Waals surface area contributed by atoms with Crippen LogP contribution in [0.2, 0.25) is 0 Å². The minimum absolute atomic E-state index is 0.176. The number of ether oxygens (including phenoxy) is 2. The molecule has 0 fully saturated rings. The monoisotopic (exact) mass is 453 g/mol. The fourth-order valence-corrected chi connectivity index (χ4v) is 3.46. The Labute approximate surface area is 191 Å². The molecule has 0 spiro atoms. The number of nitrogen functional groups attached to an aromatic ring is 1. The average molecular weight is 453 g/mol. The Balaban J connectivity index is 1.59. The molecule has 0 aliphatic heterocycles. The van der Waals surface area contributed by atoms with Crippen LogP contribution in [0.1, 0.15) is 46.2 Å². The van der Waals surface area contributed by atoms with Crippen molar-refractivity contribution in [1.82, 2.24) is 10.3 Å². The summed E-state index contributed by atoms with van der Waals surface area (Å²) in [7, 11) is 0. The van der Waals surface area contributed by atoms with Gasteiger partial charge in [0.1, 0.15) is 22.8 Å². The summed E-state index contributed by atoms with van der Waals surface area (Å²) in [5.41, 5.74) is 8.11. The number of anilines is 1. The molecule has 1 aromatic heterocycles. The number of esters is 1. The molecule has 5 N–H and O–H groups in total. The first kappa shape index (κ1) is 23.6. The minimum atomic E-state index is -0.521. The standard InChI is InChI=1S/C24H27N3O6/c1-3-32-24(31)20-14(2)27-18-7-6-8-19(21(18)22(20)25)33-10-5-4-9-26-23(30)15-11-16(28)13-17(29)12-15/h6-8,11-13,28-29H,3-5,9-10H2,1-2H3,(H2,25,27)(H,26,30). The molecule has 1 heterocycles. The van der Waals surface area contributed by atoms with Gasteiger partial charge in [-0.2, -0.15) is 0 Å². The van der Waals surface area contributed by atoms with E-state index >= 15 is 0 Å². The number of unbranched alkanes of at least 4 members (excludes halogenated alkanes) is 1. The molecule has 0 unspecified atom stereocenters. The predicted molar refractivity (Wildman–Crippen MR) is 124 cm³/mol. The molecule has 174 valence electrons. The molecule has 3 aromatic rings. The van der Waals surface area contributed by atoms with Crippen molar-refractivity contribution in [3.05, 3.63) is 53.2 Å². The number of aromatic nitrogens is 1. The highest BCUT2D eigenvalue weighted by Crippen LogP contribution is 2.33. The van der Waals surface area contributed by atoms with Crippen molar-refractivity contribution in [2.24, 2.45) is 0 Å². The Kier molecular flexibility index (Phi) is 7.55. The van der Waals surface area contributed by atoms with Gasteiger partial charge in [-0.3, -0.25) is 9.78 Å². The summed E-state index contributed by atoms with van der Waals surface area (Å²) in [5, 5.41) is 22.3. The molecule has 1 amide bonds. The number of aromatic hydroxyl groups is 2. The van der Waals surface area contributed by atoms with E-state index in [-0.39, 0.29) is 34.9 Å². The number of fused-ring (bicyclic) bond motifs is 1. The van der Waals surface area contributed by atoms with Gasteiger partial charge in [0.2, 0.25) is 0 Å². The Hall–Kier alpha value is -4.01. The third-order valence-electron chi connectivity index (χ3n) is 4.95. The minimum Gasteiger partial charge on any atom is -0.508 e. The van der Waals surface area contributed by atoms with Crippen LogP contribution in [0.25, 0.3) is 10.9 Å². The number of amides is 1. The van der Waals surface area contributed by atoms with Crippen molar-refractivity contribution in [2.45, 2.75) is 26.7 Å². The summed E-state index contributed by atoms with van der Waals surface area (Å²) in [5.74, 6) is -0.760. The van der Waals surface area contributed by atoms with Crippen LogP contribution in [0, 0.1) is 6.92 Å². The zero-order valence-electron chi connectivity index (χ0n) is 18.6. The number of nitrogens with one attached hydrogen (secondary N) is 1. The Morgan fingerprint density at radius 3 is 2.55 bits per heavy atom. The van der Waals surface area contributed by atoms with Crippen LogP contribution in [0.5, 0.6) is 17.2 Å². The van der Waals surface area contributed by atoms with Gasteiger partial charge in [0.15, 0.2) is 0 Å². The fraction of sp³-hybridized carbons (Fsp3) is 0.292. The SMILES string of the molecule is CCOC(=O)c1c(C)nc2cccc(OCCCCNC(=O)c3cc(O)cc(O)c3)c2c1N. The van der Waals surface area contributed by atoms with Crippen molar-refractivity contribution in [3.8, 4) is 17.2 Å². The molecular weight excluding hydrogens is 426 g/mol. The molecule has 2 aromatic carbocycles. The van der Waals surface area contributed by atoms with Crippen LogP contribution in [-0.2, 0) is 4.74 Å². The average Bonchev–Trinajstić information content (AvgIpc) is 2.75. The van der Waals surface area contributed by atoms with Crippen molar-refractivity contribution < 1.29 is 29.3 Å². The summed E-state index contributed by atoms with van der Waals surface area (Å²) in [6, 6.07) is 9.09. The Morgan fingerprint density at radius 2 is 1.85 bits per heavy atom. The number of hydrogen-bond donors (Lipinski definition) is 4. The number of nitrogens with two attached hydrogens (primary N) is 1. The lowest BCUT2D eigenvalue weighted by molar-refractivity contribution is 0.0526. The van der Waals surface area contributed by atoms with Gasteiger partial charge in [-0.05, 0) is 51.0 Å². The normalized spacial score (nSPS) is 10.7. The van der Waals surface area contributed by atoms with E-state index in [1.165, 1.54) is 12.1 Å². The first-order valence-corrected chi connectivity index (χ1v) is 10.6. The number of hydrogen-bond acceptors (Lipinski definition) is 8. The van der Waals surface area contributed by atoms with E-state index in [1.807, 2.05) is 0 Å². The second-order valence-electron chi connectivity index (χ2n) is 7.41. The maximum Gasteiger partial charge on any atom is 0.342 e. The van der Waals surface area contributed by atoms with Crippen molar-refractivity contribution in [2.75, 3.05) is 25.5 Å². The first-order chi connectivity index (χ1) is 15.8. The summed E-state index contributed by atoms with van der Waals surface area (Å²) >= 11 is 0. The van der Waals surface area contributed by atoms with E-state index < -0.39 is 11.9 Å². The largest absolute Gasteiger partial charge is 0.508 e.